The summed E-state index contributed by atoms with van der Waals surface area (Å²) >= 11 is 0. The molecule has 0 saturated heterocycles. The average molecular weight is 338 g/mol. The van der Waals surface area contributed by atoms with Gasteiger partial charge in [0.15, 0.2) is 0 Å². The molecule has 2 aromatic carbocycles. The Hall–Kier alpha value is -1.60. The third kappa shape index (κ3) is 5.19. The first-order valence-electron chi connectivity index (χ1n) is 9.45. The van der Waals surface area contributed by atoms with Crippen LogP contribution in [-0.2, 0) is 10.8 Å². The van der Waals surface area contributed by atoms with Gasteiger partial charge in [-0.15, -0.1) is 0 Å². The Morgan fingerprint density at radius 2 is 0.840 bits per heavy atom. The molecule has 0 aliphatic heterocycles. The molecule has 0 aromatic heterocycles. The summed E-state index contributed by atoms with van der Waals surface area (Å²) in [5, 5.41) is 3.73. The normalized spacial score (nSPS) is 15.0. The third-order valence-corrected chi connectivity index (χ3v) is 5.05. The molecule has 0 radical (unpaired) electrons. The van der Waals surface area contributed by atoms with Gasteiger partial charge in [0.2, 0.25) is 0 Å². The average Bonchev–Trinajstić information content (AvgIpc) is 2.53. The lowest BCUT2D eigenvalue weighted by molar-refractivity contribution is 0.493. The van der Waals surface area contributed by atoms with Gasteiger partial charge < -0.3 is 5.32 Å². The topological polar surface area (TPSA) is 12.0 Å². The van der Waals surface area contributed by atoms with Crippen LogP contribution in [0.5, 0.6) is 0 Å². The van der Waals surface area contributed by atoms with Gasteiger partial charge in [0.25, 0.3) is 0 Å². The van der Waals surface area contributed by atoms with E-state index in [4.69, 9.17) is 0 Å². The number of hydrogen-bond donors (Lipinski definition) is 1. The van der Waals surface area contributed by atoms with Gasteiger partial charge in [-0.05, 0) is 46.9 Å². The van der Waals surface area contributed by atoms with Crippen molar-refractivity contribution in [2.24, 2.45) is 0 Å². The summed E-state index contributed by atoms with van der Waals surface area (Å²) in [7, 11) is 0. The molecule has 0 saturated carbocycles. The van der Waals surface area contributed by atoms with Gasteiger partial charge in [0, 0.05) is 12.1 Å². The maximum atomic E-state index is 3.73. The van der Waals surface area contributed by atoms with E-state index in [1.165, 1.54) is 22.3 Å². The van der Waals surface area contributed by atoms with Gasteiger partial charge in [-0.2, -0.15) is 0 Å². The molecule has 0 unspecified atom stereocenters. The van der Waals surface area contributed by atoms with Gasteiger partial charge in [-0.3, -0.25) is 0 Å². The summed E-state index contributed by atoms with van der Waals surface area (Å²) in [6.45, 7) is 18.0. The number of hydrogen-bond acceptors (Lipinski definition) is 1. The Bertz CT molecular complexity index is 605. The first-order valence-corrected chi connectivity index (χ1v) is 9.45. The van der Waals surface area contributed by atoms with Crippen LogP contribution in [0.2, 0.25) is 0 Å². The van der Waals surface area contributed by atoms with Crippen molar-refractivity contribution in [3.63, 3.8) is 0 Å². The van der Waals surface area contributed by atoms with E-state index in [1.807, 2.05) is 0 Å². The maximum Gasteiger partial charge on any atom is 0.0297 e. The van der Waals surface area contributed by atoms with E-state index in [0.717, 1.165) is 0 Å². The lowest BCUT2D eigenvalue weighted by atomic mass is 9.86. The van der Waals surface area contributed by atoms with E-state index in [2.05, 4.69) is 109 Å². The molecule has 1 nitrogen and oxygen atoms in total. The molecule has 1 N–H and O–H groups in total. The smallest absolute Gasteiger partial charge is 0.0297 e. The van der Waals surface area contributed by atoms with Crippen molar-refractivity contribution in [3.8, 4) is 0 Å². The Morgan fingerprint density at radius 1 is 0.560 bits per heavy atom. The van der Waals surface area contributed by atoms with Crippen LogP contribution in [0.4, 0.5) is 0 Å². The third-order valence-electron chi connectivity index (χ3n) is 5.05. The first kappa shape index (κ1) is 19.7. The maximum absolute atomic E-state index is 3.73. The van der Waals surface area contributed by atoms with Crippen molar-refractivity contribution in [2.75, 3.05) is 0 Å². The molecule has 0 fully saturated rings. The molecular formula is C24H35N. The van der Waals surface area contributed by atoms with Crippen LogP contribution in [0.3, 0.4) is 0 Å². The molecule has 2 rings (SSSR count). The van der Waals surface area contributed by atoms with Crippen molar-refractivity contribution in [2.45, 2.75) is 78.3 Å². The van der Waals surface area contributed by atoms with E-state index in [1.54, 1.807) is 0 Å². The van der Waals surface area contributed by atoms with Crippen molar-refractivity contribution in [1.29, 1.82) is 0 Å². The van der Waals surface area contributed by atoms with Crippen LogP contribution in [0.25, 0.3) is 0 Å². The van der Waals surface area contributed by atoms with Gasteiger partial charge in [0.1, 0.15) is 0 Å². The predicted octanol–water partition coefficient (Wildman–Crippen LogP) is 6.69. The molecule has 2 atom stereocenters. The minimum atomic E-state index is 0.206. The minimum Gasteiger partial charge on any atom is -0.304 e. The first-order chi connectivity index (χ1) is 11.5. The summed E-state index contributed by atoms with van der Waals surface area (Å²) < 4.78 is 0. The van der Waals surface area contributed by atoms with Crippen LogP contribution in [0.15, 0.2) is 48.5 Å². The molecule has 0 amide bonds. The van der Waals surface area contributed by atoms with E-state index < -0.39 is 0 Å². The summed E-state index contributed by atoms with van der Waals surface area (Å²) in [6, 6.07) is 18.7. The molecule has 0 aliphatic carbocycles. The van der Waals surface area contributed by atoms with Crippen LogP contribution in [-0.4, -0.2) is 0 Å². The molecule has 2 aromatic rings. The molecule has 1 heteroatoms. The monoisotopic (exact) mass is 337 g/mol. The van der Waals surface area contributed by atoms with E-state index >= 15 is 0 Å². The Morgan fingerprint density at radius 3 is 1.08 bits per heavy atom. The molecule has 0 aliphatic rings. The van der Waals surface area contributed by atoms with E-state index in [0.29, 0.717) is 12.1 Å². The minimum absolute atomic E-state index is 0.206. The fraction of sp³-hybridized carbons (Fsp3) is 0.500. The second kappa shape index (κ2) is 7.33. The lowest BCUT2D eigenvalue weighted by Gasteiger charge is -2.24. The molecule has 0 heterocycles. The highest BCUT2D eigenvalue weighted by Crippen LogP contribution is 2.27. The number of rotatable bonds is 4. The van der Waals surface area contributed by atoms with E-state index in [9.17, 15) is 0 Å². The molecule has 0 bridgehead atoms. The number of nitrogens with one attached hydrogen (secondary N) is 1. The summed E-state index contributed by atoms with van der Waals surface area (Å²) in [6.07, 6.45) is 0. The van der Waals surface area contributed by atoms with Crippen molar-refractivity contribution < 1.29 is 0 Å². The van der Waals surface area contributed by atoms with Crippen molar-refractivity contribution in [3.05, 3.63) is 70.8 Å². The Kier molecular flexibility index (Phi) is 5.79. The highest BCUT2D eigenvalue weighted by Gasteiger charge is 2.17. The predicted molar refractivity (Wildman–Crippen MR) is 110 cm³/mol. The second-order valence-corrected chi connectivity index (χ2v) is 9.35. The van der Waals surface area contributed by atoms with Crippen LogP contribution in [0.1, 0.15) is 89.7 Å². The SMILES string of the molecule is C[C@@H](N[C@H](C)c1ccc(C(C)(C)C)cc1)c1ccc(C(C)(C)C)cc1. The zero-order valence-corrected chi connectivity index (χ0v) is 17.3. The fourth-order valence-corrected chi connectivity index (χ4v) is 3.11. The highest BCUT2D eigenvalue weighted by molar-refractivity contribution is 5.31. The van der Waals surface area contributed by atoms with Gasteiger partial charge in [-0.25, -0.2) is 0 Å². The van der Waals surface area contributed by atoms with Crippen LogP contribution >= 0.6 is 0 Å². The van der Waals surface area contributed by atoms with Crippen LogP contribution < -0.4 is 5.32 Å². The highest BCUT2D eigenvalue weighted by atomic mass is 14.9. The molecule has 0 spiro atoms. The lowest BCUT2D eigenvalue weighted by Crippen LogP contribution is -2.23. The number of benzene rings is 2. The summed E-state index contributed by atoms with van der Waals surface area (Å²) in [5.74, 6) is 0. The Balaban J connectivity index is 2.05. The standard InChI is InChI=1S/C24H35N/c1-17(19-9-13-21(14-10-19)23(3,4)5)25-18(2)20-11-15-22(16-12-20)24(6,7)8/h9-18,25H,1-8H3/t17-,18-/m1/s1. The quantitative estimate of drug-likeness (QED) is 0.655. The van der Waals surface area contributed by atoms with Crippen molar-refractivity contribution in [1.82, 2.24) is 5.32 Å². The molecule has 136 valence electrons. The zero-order valence-electron chi connectivity index (χ0n) is 17.3. The molecular weight excluding hydrogens is 302 g/mol. The largest absolute Gasteiger partial charge is 0.304 e. The second-order valence-electron chi connectivity index (χ2n) is 9.35. The van der Waals surface area contributed by atoms with Crippen LogP contribution in [0, 0.1) is 0 Å². The van der Waals surface area contributed by atoms with Gasteiger partial charge in [0.05, 0.1) is 0 Å². The molecule has 25 heavy (non-hydrogen) atoms. The zero-order chi connectivity index (χ0) is 18.8. The van der Waals surface area contributed by atoms with Gasteiger partial charge in [-0.1, -0.05) is 90.1 Å². The van der Waals surface area contributed by atoms with Gasteiger partial charge >= 0.3 is 0 Å². The fourth-order valence-electron chi connectivity index (χ4n) is 3.11. The van der Waals surface area contributed by atoms with E-state index in [-0.39, 0.29) is 10.8 Å². The Labute approximate surface area is 154 Å². The van der Waals surface area contributed by atoms with Crippen molar-refractivity contribution >= 4 is 0 Å². The summed E-state index contributed by atoms with van der Waals surface area (Å²) in [5.41, 5.74) is 5.86. The summed E-state index contributed by atoms with van der Waals surface area (Å²) in [4.78, 5) is 0.